The third-order valence-corrected chi connectivity index (χ3v) is 1.76. The van der Waals surface area contributed by atoms with Gasteiger partial charge in [0, 0.05) is 0 Å². The van der Waals surface area contributed by atoms with Gasteiger partial charge < -0.3 is 4.55 Å². The summed E-state index contributed by atoms with van der Waals surface area (Å²) in [5.41, 5.74) is 0. The average Bonchev–Trinajstić information content (AvgIpc) is 1.80. The summed E-state index contributed by atoms with van der Waals surface area (Å²) >= 11 is 1.26. The monoisotopic (exact) mass is 211 g/mol. The molecule has 9 heavy (non-hydrogen) atoms. The fraction of sp³-hybridized carbons (Fsp3) is 0. The van der Waals surface area contributed by atoms with Gasteiger partial charge in [-0.3, -0.25) is 4.79 Å². The van der Waals surface area contributed by atoms with E-state index in [1.807, 2.05) is 0 Å². The Morgan fingerprint density at radius 1 is 1.78 bits per heavy atom. The molecular formula is C2H2BrN3O2S. The van der Waals surface area contributed by atoms with Crippen molar-refractivity contribution < 1.29 is 9.35 Å². The molecule has 1 unspecified atom stereocenters. The molecule has 50 valence electrons. The molecule has 1 atom stereocenters. The summed E-state index contributed by atoms with van der Waals surface area (Å²) in [6, 6.07) is 0. The van der Waals surface area contributed by atoms with Crippen molar-refractivity contribution in [1.82, 2.24) is 9.55 Å². The Bertz CT molecular complexity index is 171. The van der Waals surface area contributed by atoms with E-state index in [1.54, 1.807) is 0 Å². The molecule has 1 aliphatic rings. The molecule has 0 radical (unpaired) electrons. The lowest BCUT2D eigenvalue weighted by Gasteiger charge is -2.10. The number of nitrogens with zero attached hydrogens (tertiary/aromatic N) is 1. The first kappa shape index (κ1) is 6.84. The number of hydrogen-bond acceptors (Lipinski definition) is 4. The molecule has 0 aliphatic carbocycles. The Morgan fingerprint density at radius 3 is 2.89 bits per heavy atom. The quantitative estimate of drug-likeness (QED) is 0.505. The second-order valence-corrected chi connectivity index (χ2v) is 2.87. The van der Waals surface area contributed by atoms with E-state index in [0.717, 1.165) is 0 Å². The second-order valence-electron chi connectivity index (χ2n) is 1.19. The summed E-state index contributed by atoms with van der Waals surface area (Å²) in [5.74, 6) is -0.480. The van der Waals surface area contributed by atoms with Crippen molar-refractivity contribution in [2.75, 3.05) is 0 Å². The molecule has 1 heterocycles. The fourth-order valence-electron chi connectivity index (χ4n) is 0.281. The van der Waals surface area contributed by atoms with Gasteiger partial charge in [0.15, 0.2) is 4.62 Å². The Labute approximate surface area is 62.5 Å². The molecule has 7 heteroatoms. The zero-order chi connectivity index (χ0) is 6.85. The molecular weight excluding hydrogens is 210 g/mol. The molecule has 1 rings (SSSR count). The molecule has 2 N–H and O–H groups in total. The van der Waals surface area contributed by atoms with Crippen LogP contribution >= 0.6 is 15.9 Å². The molecule has 5 nitrogen and oxygen atoms in total. The van der Waals surface area contributed by atoms with Gasteiger partial charge in [-0.15, -0.1) is 9.82 Å². The van der Waals surface area contributed by atoms with Crippen LogP contribution in [0.3, 0.4) is 0 Å². The summed E-state index contributed by atoms with van der Waals surface area (Å²) < 4.78 is 12.5. The summed E-state index contributed by atoms with van der Waals surface area (Å²) in [7, 11) is 0. The van der Waals surface area contributed by atoms with Crippen LogP contribution in [0, 0.1) is 0 Å². The maximum atomic E-state index is 10.5. The average molecular weight is 212 g/mol. The molecule has 0 spiro atoms. The standard InChI is InChI=1S/C2H2BrN3O2S/c3-1-2(7)5-9(8)6-4-1/h6H,(H,5,7). The van der Waals surface area contributed by atoms with Crippen molar-refractivity contribution in [3.8, 4) is 0 Å². The lowest BCUT2D eigenvalue weighted by molar-refractivity contribution is -0.113. The van der Waals surface area contributed by atoms with Crippen LogP contribution < -0.4 is 9.55 Å². The van der Waals surface area contributed by atoms with E-state index in [4.69, 9.17) is 0 Å². The van der Waals surface area contributed by atoms with E-state index < -0.39 is 17.5 Å². The predicted molar refractivity (Wildman–Crippen MR) is 35.8 cm³/mol. The predicted octanol–water partition coefficient (Wildman–Crippen LogP) is -1.01. The molecule has 0 saturated heterocycles. The van der Waals surface area contributed by atoms with Crippen LogP contribution in [-0.2, 0) is 16.3 Å². The highest BCUT2D eigenvalue weighted by molar-refractivity contribution is 9.19. The lowest BCUT2D eigenvalue weighted by Crippen LogP contribution is -2.45. The van der Waals surface area contributed by atoms with Crippen LogP contribution in [0.25, 0.3) is 0 Å². The van der Waals surface area contributed by atoms with E-state index in [9.17, 15) is 9.35 Å². The van der Waals surface area contributed by atoms with Crippen LogP contribution in [0.2, 0.25) is 0 Å². The Morgan fingerprint density at radius 2 is 2.44 bits per heavy atom. The van der Waals surface area contributed by atoms with Gasteiger partial charge in [0.05, 0.1) is 0 Å². The molecule has 0 bridgehead atoms. The van der Waals surface area contributed by atoms with E-state index in [1.165, 1.54) is 0 Å². The molecule has 1 amide bonds. The Hall–Kier alpha value is -0.270. The molecule has 0 fully saturated rings. The third-order valence-electron chi connectivity index (χ3n) is 0.599. The number of rotatable bonds is 0. The zero-order valence-corrected chi connectivity index (χ0v) is 6.45. The highest BCUT2D eigenvalue weighted by atomic mass is 79.9. The second kappa shape index (κ2) is 2.54. The van der Waals surface area contributed by atoms with Gasteiger partial charge in [-0.2, -0.15) is 0 Å². The highest BCUT2D eigenvalue weighted by Crippen LogP contribution is 1.95. The van der Waals surface area contributed by atoms with Crippen molar-refractivity contribution in [3.05, 3.63) is 0 Å². The van der Waals surface area contributed by atoms with Gasteiger partial charge in [-0.25, -0.2) is 0 Å². The number of hydrazone groups is 1. The first-order chi connectivity index (χ1) is 4.20. The maximum absolute atomic E-state index is 10.5. The van der Waals surface area contributed by atoms with Crippen LogP contribution in [0.15, 0.2) is 5.10 Å². The molecule has 1 aliphatic heterocycles. The minimum absolute atomic E-state index is 0.0992. The number of carbonyl (C=O) groups excluding carboxylic acids is 1. The smallest absolute Gasteiger partial charge is 0.321 e. The molecule has 0 aromatic carbocycles. The summed E-state index contributed by atoms with van der Waals surface area (Å²) in [5, 5.41) is 3.36. The van der Waals surface area contributed by atoms with Crippen LogP contribution in [0.5, 0.6) is 0 Å². The number of carbonyl (C=O) groups is 1. The molecule has 0 aromatic heterocycles. The summed E-state index contributed by atoms with van der Waals surface area (Å²) in [6.45, 7) is 0. The largest absolute Gasteiger partial charge is 0.567 e. The van der Waals surface area contributed by atoms with Crippen molar-refractivity contribution >= 4 is 38.0 Å². The number of nitrogens with one attached hydrogen (secondary N) is 2. The van der Waals surface area contributed by atoms with E-state index in [-0.39, 0.29) is 4.62 Å². The third kappa shape index (κ3) is 1.57. The van der Waals surface area contributed by atoms with Gasteiger partial charge in [0.2, 0.25) is 11.5 Å². The normalized spacial score (nSPS) is 26.2. The topological polar surface area (TPSA) is 76.5 Å². The fourth-order valence-corrected chi connectivity index (χ4v) is 1.20. The van der Waals surface area contributed by atoms with Crippen molar-refractivity contribution in [3.63, 3.8) is 0 Å². The molecule has 0 aromatic rings. The van der Waals surface area contributed by atoms with Gasteiger partial charge in [-0.1, -0.05) is 4.83 Å². The van der Waals surface area contributed by atoms with Crippen molar-refractivity contribution in [1.29, 1.82) is 0 Å². The van der Waals surface area contributed by atoms with Gasteiger partial charge in [-0.05, 0) is 15.9 Å². The van der Waals surface area contributed by atoms with Crippen molar-refractivity contribution in [2.24, 2.45) is 5.10 Å². The van der Waals surface area contributed by atoms with E-state index >= 15 is 0 Å². The van der Waals surface area contributed by atoms with Crippen LogP contribution in [0.1, 0.15) is 0 Å². The Balaban J connectivity index is 2.68. The maximum Gasteiger partial charge on any atom is 0.321 e. The molecule has 0 saturated carbocycles. The van der Waals surface area contributed by atoms with E-state index in [2.05, 4.69) is 30.6 Å². The summed E-state index contributed by atoms with van der Waals surface area (Å²) in [4.78, 5) is 12.6. The number of hydrogen-bond donors (Lipinski definition) is 2. The summed E-state index contributed by atoms with van der Waals surface area (Å²) in [6.07, 6.45) is 0. The Kier molecular flexibility index (Phi) is 1.94. The minimum Gasteiger partial charge on any atom is -0.567 e. The zero-order valence-electron chi connectivity index (χ0n) is 4.05. The lowest BCUT2D eigenvalue weighted by atomic mass is 10.7. The van der Waals surface area contributed by atoms with Crippen LogP contribution in [0.4, 0.5) is 0 Å². The van der Waals surface area contributed by atoms with Crippen LogP contribution in [-0.4, -0.2) is 15.1 Å². The van der Waals surface area contributed by atoms with Crippen molar-refractivity contribution in [2.45, 2.75) is 0 Å². The van der Waals surface area contributed by atoms with Gasteiger partial charge in [0.1, 0.15) is 0 Å². The number of amides is 1. The first-order valence-electron chi connectivity index (χ1n) is 1.92. The van der Waals surface area contributed by atoms with Gasteiger partial charge >= 0.3 is 5.91 Å². The SMILES string of the molecule is O=C1N[S+]([O-])NN=C1Br. The minimum atomic E-state index is -1.56. The highest BCUT2D eigenvalue weighted by Gasteiger charge is 2.21. The first-order valence-corrected chi connectivity index (χ1v) is 3.86. The number of halogens is 1. The van der Waals surface area contributed by atoms with Gasteiger partial charge in [0.25, 0.3) is 0 Å². The van der Waals surface area contributed by atoms with E-state index in [0.29, 0.717) is 0 Å².